The summed E-state index contributed by atoms with van der Waals surface area (Å²) in [6.45, 7) is 0.686. The molecule has 56 valence electrons. The van der Waals surface area contributed by atoms with Gasteiger partial charge >= 0.3 is 0 Å². The van der Waals surface area contributed by atoms with Crippen molar-refractivity contribution in [2.75, 3.05) is 12.3 Å². The van der Waals surface area contributed by atoms with Crippen LogP contribution in [0.2, 0.25) is 0 Å². The van der Waals surface area contributed by atoms with E-state index in [1.165, 1.54) is 0 Å². The van der Waals surface area contributed by atoms with Gasteiger partial charge in [-0.15, -0.1) is 12.4 Å². The van der Waals surface area contributed by atoms with Crippen molar-refractivity contribution in [3.63, 3.8) is 0 Å². The van der Waals surface area contributed by atoms with E-state index < -0.39 is 0 Å². The van der Waals surface area contributed by atoms with E-state index in [0.29, 0.717) is 6.54 Å². The lowest BCUT2D eigenvalue weighted by Gasteiger charge is -1.89. The third-order valence-corrected chi connectivity index (χ3v) is 0.927. The maximum absolute atomic E-state index is 5.04. The Morgan fingerprint density at radius 2 is 2.00 bits per heavy atom. The maximum Gasteiger partial charge on any atom is 0.185 e. The minimum atomic E-state index is 0. The molecule has 0 aromatic carbocycles. The summed E-state index contributed by atoms with van der Waals surface area (Å²) in [5.74, 6) is 0.989. The third-order valence-electron chi connectivity index (χ3n) is 0.611. The van der Waals surface area contributed by atoms with Crippen LogP contribution in [0, 0.1) is 0 Å². The van der Waals surface area contributed by atoms with Crippen LogP contribution in [0.5, 0.6) is 0 Å². The molecule has 0 saturated carbocycles. The van der Waals surface area contributed by atoms with Crippen LogP contribution in [0.3, 0.4) is 0 Å². The molecule has 0 radical (unpaired) electrons. The second kappa shape index (κ2) is 7.91. The van der Waals surface area contributed by atoms with E-state index in [4.69, 9.17) is 11.5 Å². The molecule has 0 rings (SSSR count). The lowest BCUT2D eigenvalue weighted by atomic mass is 10.5. The van der Waals surface area contributed by atoms with Gasteiger partial charge < -0.3 is 11.5 Å². The Labute approximate surface area is 66.7 Å². The largest absolute Gasteiger partial charge is 0.370 e. The Morgan fingerprint density at radius 3 is 2.33 bits per heavy atom. The van der Waals surface area contributed by atoms with E-state index in [9.17, 15) is 0 Å². The molecule has 5 heteroatoms. The zero-order valence-corrected chi connectivity index (χ0v) is 6.79. The third kappa shape index (κ3) is 11.5. The van der Waals surface area contributed by atoms with Crippen LogP contribution < -0.4 is 11.5 Å². The predicted molar refractivity (Wildman–Crippen MR) is 46.4 cm³/mol. The van der Waals surface area contributed by atoms with E-state index in [0.717, 1.165) is 12.2 Å². The van der Waals surface area contributed by atoms with Gasteiger partial charge in [0, 0.05) is 6.54 Å². The number of nitrogens with zero attached hydrogens (tertiary/aromatic N) is 1. The lowest BCUT2D eigenvalue weighted by molar-refractivity contribution is 0.941. The minimum absolute atomic E-state index is 0. The molecule has 0 aliphatic rings. The highest BCUT2D eigenvalue weighted by Crippen LogP contribution is 1.82. The molecule has 0 fully saturated rings. The number of hydrogen-bond acceptors (Lipinski definition) is 2. The van der Waals surface area contributed by atoms with Crippen molar-refractivity contribution >= 4 is 31.0 Å². The fourth-order valence-electron chi connectivity index (χ4n) is 0.279. The van der Waals surface area contributed by atoms with Crippen molar-refractivity contribution in [2.45, 2.75) is 6.42 Å². The normalized spacial score (nSPS) is 7.67. The first-order valence-electron chi connectivity index (χ1n) is 2.43. The van der Waals surface area contributed by atoms with Crippen LogP contribution in [0.1, 0.15) is 6.42 Å². The number of rotatable bonds is 3. The molecule has 0 aliphatic carbocycles. The van der Waals surface area contributed by atoms with Crippen molar-refractivity contribution in [3.05, 3.63) is 0 Å². The van der Waals surface area contributed by atoms with Gasteiger partial charge in [0.05, 0.1) is 0 Å². The van der Waals surface area contributed by atoms with E-state index >= 15 is 0 Å². The van der Waals surface area contributed by atoms with Gasteiger partial charge in [-0.05, 0) is 12.2 Å². The summed E-state index contributed by atoms with van der Waals surface area (Å²) in [5, 5.41) is 0. The average Bonchev–Trinajstić information content (AvgIpc) is 1.66. The summed E-state index contributed by atoms with van der Waals surface area (Å²) in [4.78, 5) is 3.74. The van der Waals surface area contributed by atoms with Crippen LogP contribution in [-0.2, 0) is 0 Å². The van der Waals surface area contributed by atoms with E-state index in [1.807, 2.05) is 0 Å². The molecular formula is C4H12ClN3S. The van der Waals surface area contributed by atoms with E-state index in [2.05, 4.69) is 17.6 Å². The standard InChI is InChI=1S/C4H11N3S.ClH/c5-4(6)7-2-1-3-8;/h8H,1-3H2,(H4,5,6,7);1H. The van der Waals surface area contributed by atoms with Crippen LogP contribution in [-0.4, -0.2) is 18.3 Å². The topological polar surface area (TPSA) is 64.4 Å². The molecule has 0 heterocycles. The van der Waals surface area contributed by atoms with Gasteiger partial charge in [-0.25, -0.2) is 0 Å². The average molecular weight is 170 g/mol. The first kappa shape index (κ1) is 11.7. The Balaban J connectivity index is 0. The highest BCUT2D eigenvalue weighted by molar-refractivity contribution is 7.80. The highest BCUT2D eigenvalue weighted by atomic mass is 35.5. The first-order valence-corrected chi connectivity index (χ1v) is 3.07. The van der Waals surface area contributed by atoms with Crippen LogP contribution in [0.25, 0.3) is 0 Å². The molecule has 9 heavy (non-hydrogen) atoms. The molecule has 0 bridgehead atoms. The molecule has 0 aromatic heterocycles. The smallest absolute Gasteiger partial charge is 0.185 e. The number of halogens is 1. The monoisotopic (exact) mass is 169 g/mol. The molecule has 0 aromatic rings. The fraction of sp³-hybridized carbons (Fsp3) is 0.750. The zero-order valence-electron chi connectivity index (χ0n) is 5.08. The van der Waals surface area contributed by atoms with E-state index in [1.54, 1.807) is 0 Å². The van der Waals surface area contributed by atoms with Gasteiger partial charge in [-0.1, -0.05) is 0 Å². The van der Waals surface area contributed by atoms with Gasteiger partial charge in [0.15, 0.2) is 5.96 Å². The van der Waals surface area contributed by atoms with Crippen molar-refractivity contribution < 1.29 is 0 Å². The number of nitrogens with two attached hydrogens (primary N) is 2. The van der Waals surface area contributed by atoms with Gasteiger partial charge in [0.2, 0.25) is 0 Å². The number of hydrogen-bond donors (Lipinski definition) is 3. The first-order chi connectivity index (χ1) is 3.77. The lowest BCUT2D eigenvalue weighted by Crippen LogP contribution is -2.22. The molecule has 0 atom stereocenters. The minimum Gasteiger partial charge on any atom is -0.370 e. The van der Waals surface area contributed by atoms with Crippen molar-refractivity contribution in [1.82, 2.24) is 0 Å². The van der Waals surface area contributed by atoms with Gasteiger partial charge in [-0.2, -0.15) is 12.6 Å². The Morgan fingerprint density at radius 1 is 1.44 bits per heavy atom. The zero-order chi connectivity index (χ0) is 6.41. The molecule has 0 saturated heterocycles. The number of guanidine groups is 1. The quantitative estimate of drug-likeness (QED) is 0.241. The Kier molecular flexibility index (Phi) is 10.3. The Hall–Kier alpha value is -0.0900. The van der Waals surface area contributed by atoms with Gasteiger partial charge in [0.25, 0.3) is 0 Å². The summed E-state index contributed by atoms with van der Waals surface area (Å²) in [6.07, 6.45) is 0.932. The summed E-state index contributed by atoms with van der Waals surface area (Å²) < 4.78 is 0. The molecule has 0 unspecified atom stereocenters. The second-order valence-corrected chi connectivity index (χ2v) is 1.83. The summed E-state index contributed by atoms with van der Waals surface area (Å²) in [6, 6.07) is 0. The number of thiol groups is 1. The van der Waals surface area contributed by atoms with Crippen LogP contribution >= 0.6 is 25.0 Å². The van der Waals surface area contributed by atoms with Crippen molar-refractivity contribution in [3.8, 4) is 0 Å². The molecule has 0 aliphatic heterocycles. The second-order valence-electron chi connectivity index (χ2n) is 1.38. The summed E-state index contributed by atoms with van der Waals surface area (Å²) in [5.41, 5.74) is 10.1. The maximum atomic E-state index is 5.04. The van der Waals surface area contributed by atoms with Gasteiger partial charge in [0.1, 0.15) is 0 Å². The highest BCUT2D eigenvalue weighted by Gasteiger charge is 1.79. The van der Waals surface area contributed by atoms with Crippen molar-refractivity contribution in [1.29, 1.82) is 0 Å². The van der Waals surface area contributed by atoms with Crippen LogP contribution in [0.15, 0.2) is 4.99 Å². The molecule has 3 nitrogen and oxygen atoms in total. The molecule has 4 N–H and O–H groups in total. The summed E-state index contributed by atoms with van der Waals surface area (Å²) >= 11 is 3.97. The Bertz CT molecular complexity index is 81.9. The van der Waals surface area contributed by atoms with Gasteiger partial charge in [-0.3, -0.25) is 4.99 Å². The molecule has 0 spiro atoms. The van der Waals surface area contributed by atoms with Crippen molar-refractivity contribution in [2.24, 2.45) is 16.5 Å². The SMILES string of the molecule is Cl.NC(N)=NCCCS. The fourth-order valence-corrected chi connectivity index (χ4v) is 0.420. The summed E-state index contributed by atoms with van der Waals surface area (Å²) in [7, 11) is 0. The number of aliphatic imine (C=N–C) groups is 1. The van der Waals surface area contributed by atoms with Crippen LogP contribution in [0.4, 0.5) is 0 Å². The molecular weight excluding hydrogens is 158 g/mol. The molecule has 0 amide bonds. The predicted octanol–water partition coefficient (Wildman–Crippen LogP) is 0.00150. The van der Waals surface area contributed by atoms with E-state index in [-0.39, 0.29) is 18.4 Å².